The van der Waals surface area contributed by atoms with Gasteiger partial charge in [0.1, 0.15) is 5.56 Å². The van der Waals surface area contributed by atoms with Crippen LogP contribution in [-0.2, 0) is 6.18 Å². The number of benzene rings is 2. The summed E-state index contributed by atoms with van der Waals surface area (Å²) in [4.78, 5) is 14.3. The molecule has 4 aromatic rings. The van der Waals surface area contributed by atoms with Crippen molar-refractivity contribution in [3.05, 3.63) is 81.3 Å². The summed E-state index contributed by atoms with van der Waals surface area (Å²) < 4.78 is 42.6. The molecule has 0 aliphatic carbocycles. The Labute approximate surface area is 194 Å². The Morgan fingerprint density at radius 1 is 1.06 bits per heavy atom. The highest BCUT2D eigenvalue weighted by atomic mass is 19.4. The number of phenols is 2. The summed E-state index contributed by atoms with van der Waals surface area (Å²) in [6.45, 7) is 1.23. The van der Waals surface area contributed by atoms with Gasteiger partial charge in [-0.1, -0.05) is 18.2 Å². The number of nitrogens with zero attached hydrogens (tertiary/aromatic N) is 5. The number of aromatic nitrogens is 4. The van der Waals surface area contributed by atoms with E-state index in [0.717, 1.165) is 18.3 Å². The first-order valence-electron chi connectivity index (χ1n) is 9.79. The molecule has 13 heteroatoms. The van der Waals surface area contributed by atoms with Crippen molar-refractivity contribution >= 4 is 5.69 Å². The Morgan fingerprint density at radius 2 is 1.74 bits per heavy atom. The second kappa shape index (κ2) is 8.52. The lowest BCUT2D eigenvalue weighted by molar-refractivity contribution is -0.600. The van der Waals surface area contributed by atoms with Crippen LogP contribution in [0, 0.1) is 22.2 Å². The van der Waals surface area contributed by atoms with Gasteiger partial charge in [0.15, 0.2) is 17.3 Å². The summed E-state index contributed by atoms with van der Waals surface area (Å²) in [5.41, 5.74) is -3.42. The van der Waals surface area contributed by atoms with E-state index in [1.807, 2.05) is 0 Å². The third-order valence-corrected chi connectivity index (χ3v) is 5.08. The van der Waals surface area contributed by atoms with Gasteiger partial charge in [0.05, 0.1) is 22.4 Å². The van der Waals surface area contributed by atoms with Crippen LogP contribution in [0.5, 0.6) is 11.5 Å². The third-order valence-electron chi connectivity index (χ3n) is 5.08. The van der Waals surface area contributed by atoms with Crippen LogP contribution >= 0.6 is 0 Å². The highest BCUT2D eigenvalue weighted by Gasteiger charge is 2.40. The molecule has 0 bridgehead atoms. The maximum absolute atomic E-state index is 14.1. The second-order valence-electron chi connectivity index (χ2n) is 7.37. The SMILES string of the molecule is Cc1cc(C(F)(F)F)c(-c2nncc(-c3cc(O)c(O)c([N+](=O)[O-])c3)n2)c(-c2ccccc2)[n+]1[O-]. The zero-order valence-electron chi connectivity index (χ0n) is 17.7. The lowest BCUT2D eigenvalue weighted by Crippen LogP contribution is -2.35. The van der Waals surface area contributed by atoms with Crippen molar-refractivity contribution in [3.8, 4) is 45.4 Å². The fourth-order valence-electron chi connectivity index (χ4n) is 3.49. The van der Waals surface area contributed by atoms with Gasteiger partial charge in [-0.2, -0.15) is 23.0 Å². The summed E-state index contributed by atoms with van der Waals surface area (Å²) >= 11 is 0. The highest BCUT2D eigenvalue weighted by Crippen LogP contribution is 2.42. The Morgan fingerprint density at radius 3 is 2.37 bits per heavy atom. The van der Waals surface area contributed by atoms with Crippen LogP contribution in [-0.4, -0.2) is 30.3 Å². The predicted octanol–water partition coefficient (Wildman–Crippen LogP) is 4.15. The zero-order chi connectivity index (χ0) is 25.5. The molecule has 0 radical (unpaired) electrons. The summed E-state index contributed by atoms with van der Waals surface area (Å²) in [7, 11) is 0. The van der Waals surface area contributed by atoms with Crippen LogP contribution in [0.2, 0.25) is 0 Å². The van der Waals surface area contributed by atoms with E-state index in [2.05, 4.69) is 15.2 Å². The van der Waals surface area contributed by atoms with Gasteiger partial charge in [-0.3, -0.25) is 10.1 Å². The summed E-state index contributed by atoms with van der Waals surface area (Å²) in [5.74, 6) is -2.41. The van der Waals surface area contributed by atoms with Gasteiger partial charge in [-0.25, -0.2) is 4.98 Å². The number of aromatic hydroxyl groups is 2. The van der Waals surface area contributed by atoms with E-state index in [-0.39, 0.29) is 28.2 Å². The average Bonchev–Trinajstić information content (AvgIpc) is 2.81. The number of nitro groups is 1. The van der Waals surface area contributed by atoms with Crippen molar-refractivity contribution in [3.63, 3.8) is 0 Å². The van der Waals surface area contributed by atoms with Crippen molar-refractivity contribution in [2.45, 2.75) is 13.1 Å². The Bertz CT molecular complexity index is 1460. The molecule has 10 nitrogen and oxygen atoms in total. The van der Waals surface area contributed by atoms with Gasteiger partial charge in [-0.15, -0.1) is 5.10 Å². The molecule has 0 amide bonds. The molecule has 35 heavy (non-hydrogen) atoms. The molecule has 0 aliphatic heterocycles. The molecule has 2 N–H and O–H groups in total. The van der Waals surface area contributed by atoms with Gasteiger partial charge in [0.25, 0.3) is 0 Å². The van der Waals surface area contributed by atoms with Gasteiger partial charge in [0, 0.05) is 30.2 Å². The Kier molecular flexibility index (Phi) is 5.68. The first kappa shape index (κ1) is 23.4. The summed E-state index contributed by atoms with van der Waals surface area (Å²) in [6.07, 6.45) is -3.89. The van der Waals surface area contributed by atoms with E-state index >= 15 is 0 Å². The molecule has 0 aliphatic rings. The van der Waals surface area contributed by atoms with Crippen LogP contribution in [0.1, 0.15) is 11.3 Å². The van der Waals surface area contributed by atoms with Crippen LogP contribution in [0.4, 0.5) is 18.9 Å². The van der Waals surface area contributed by atoms with Gasteiger partial charge in [0.2, 0.25) is 11.4 Å². The highest BCUT2D eigenvalue weighted by molar-refractivity contribution is 5.79. The maximum atomic E-state index is 14.1. The molecule has 0 saturated carbocycles. The van der Waals surface area contributed by atoms with E-state index < -0.39 is 45.2 Å². The first-order valence-corrected chi connectivity index (χ1v) is 9.79. The molecule has 2 aromatic carbocycles. The predicted molar refractivity (Wildman–Crippen MR) is 115 cm³/mol. The first-order chi connectivity index (χ1) is 16.5. The number of hydrogen-bond acceptors (Lipinski definition) is 8. The van der Waals surface area contributed by atoms with Crippen LogP contribution in [0.15, 0.2) is 54.7 Å². The van der Waals surface area contributed by atoms with Crippen molar-refractivity contribution in [2.75, 3.05) is 0 Å². The van der Waals surface area contributed by atoms with Crippen molar-refractivity contribution < 1.29 is 33.0 Å². The van der Waals surface area contributed by atoms with E-state index in [9.17, 15) is 38.7 Å². The molecule has 0 unspecified atom stereocenters. The van der Waals surface area contributed by atoms with Gasteiger partial charge < -0.3 is 15.4 Å². The molecule has 0 fully saturated rings. The Balaban J connectivity index is 2.03. The standard InChI is InChI=1S/C22H14F3N5O5/c1-11-7-14(22(23,24)25)18(19(29(11)33)12-5-3-2-4-6-12)21-27-15(10-26-28-21)13-8-16(30(34)35)20(32)17(31)9-13/h2-10,31-32H,1H3. The largest absolute Gasteiger partial charge is 0.618 e. The number of alkyl halides is 3. The zero-order valence-corrected chi connectivity index (χ0v) is 17.7. The molecular formula is C22H14F3N5O5. The van der Waals surface area contributed by atoms with Crippen LogP contribution < -0.4 is 4.73 Å². The molecule has 4 rings (SSSR count). The molecule has 0 atom stereocenters. The van der Waals surface area contributed by atoms with Crippen LogP contribution in [0.3, 0.4) is 0 Å². The quantitative estimate of drug-likeness (QED) is 0.144. The normalized spacial score (nSPS) is 11.4. The lowest BCUT2D eigenvalue weighted by Gasteiger charge is -2.17. The summed E-state index contributed by atoms with van der Waals surface area (Å²) in [6, 6.07) is 10.1. The minimum Gasteiger partial charge on any atom is -0.618 e. The van der Waals surface area contributed by atoms with E-state index in [4.69, 9.17) is 0 Å². The number of aryl methyl sites for hydroxylation is 1. The smallest absolute Gasteiger partial charge is 0.417 e. The lowest BCUT2D eigenvalue weighted by atomic mass is 9.98. The van der Waals surface area contributed by atoms with E-state index in [0.29, 0.717) is 10.8 Å². The summed E-state index contributed by atoms with van der Waals surface area (Å²) in [5, 5.41) is 51.1. The third kappa shape index (κ3) is 4.26. The molecule has 2 aromatic heterocycles. The number of hydrogen-bond donors (Lipinski definition) is 2. The number of nitro benzene ring substituents is 1. The molecule has 2 heterocycles. The minimum atomic E-state index is -4.90. The molecule has 178 valence electrons. The second-order valence-corrected chi connectivity index (χ2v) is 7.37. The minimum absolute atomic E-state index is 0.125. The monoisotopic (exact) mass is 485 g/mol. The Hall–Kier alpha value is -4.81. The van der Waals surface area contributed by atoms with E-state index in [1.54, 1.807) is 18.2 Å². The molecule has 0 saturated heterocycles. The fraction of sp³-hybridized carbons (Fsp3) is 0.0909. The number of halogens is 3. The van der Waals surface area contributed by atoms with Gasteiger partial charge >= 0.3 is 11.9 Å². The van der Waals surface area contributed by atoms with E-state index in [1.165, 1.54) is 19.1 Å². The number of pyridine rings is 1. The molecular weight excluding hydrogens is 471 g/mol. The van der Waals surface area contributed by atoms with Crippen molar-refractivity contribution in [1.82, 2.24) is 15.2 Å². The topological polar surface area (TPSA) is 149 Å². The number of phenolic OH excluding ortho intramolecular Hbond substituents is 2. The van der Waals surface area contributed by atoms with Gasteiger partial charge in [-0.05, 0) is 18.2 Å². The fourth-order valence-corrected chi connectivity index (χ4v) is 3.49. The van der Waals surface area contributed by atoms with Crippen LogP contribution in [0.25, 0.3) is 33.9 Å². The average molecular weight is 485 g/mol. The maximum Gasteiger partial charge on any atom is 0.417 e. The molecule has 0 spiro atoms. The van der Waals surface area contributed by atoms with Crippen molar-refractivity contribution in [1.29, 1.82) is 0 Å². The number of rotatable bonds is 4. The van der Waals surface area contributed by atoms with Crippen molar-refractivity contribution in [2.24, 2.45) is 0 Å².